The summed E-state index contributed by atoms with van der Waals surface area (Å²) in [6.07, 6.45) is -2.20. The highest BCUT2D eigenvalue weighted by atomic mass is 32.1. The Hall–Kier alpha value is -1.30. The molecule has 0 N–H and O–H groups in total. The van der Waals surface area contributed by atoms with E-state index in [0.29, 0.717) is 10.9 Å². The fraction of sp³-hybridized carbons (Fsp3) is 0.364. The lowest BCUT2D eigenvalue weighted by Crippen LogP contribution is -2.01. The van der Waals surface area contributed by atoms with Crippen molar-refractivity contribution >= 4 is 11.3 Å². The van der Waals surface area contributed by atoms with Crippen LogP contribution in [0.15, 0.2) is 21.9 Å². The minimum absolute atomic E-state index is 0.189. The average Bonchev–Trinajstić information content (AvgIpc) is 2.82. The number of rotatable bonds is 2. The largest absolute Gasteiger partial charge is 0.449 e. The van der Waals surface area contributed by atoms with Crippen molar-refractivity contribution < 1.29 is 17.6 Å². The average molecular weight is 259 g/mol. The minimum Gasteiger partial charge on any atom is -0.449 e. The van der Waals surface area contributed by atoms with Crippen molar-refractivity contribution in [3.8, 4) is 10.8 Å². The SMILES string of the molecule is FC(F)(F)c1ccc(-c2nc(C3CC3)cs2)o1. The number of nitrogens with zero attached hydrogens (tertiary/aromatic N) is 1. The molecule has 0 radical (unpaired) electrons. The summed E-state index contributed by atoms with van der Waals surface area (Å²) in [5.74, 6) is -0.290. The number of alkyl halides is 3. The van der Waals surface area contributed by atoms with Gasteiger partial charge >= 0.3 is 6.18 Å². The van der Waals surface area contributed by atoms with Crippen LogP contribution in [0.2, 0.25) is 0 Å². The molecule has 0 unspecified atom stereocenters. The van der Waals surface area contributed by atoms with E-state index in [-0.39, 0.29) is 5.76 Å². The quantitative estimate of drug-likeness (QED) is 0.803. The first kappa shape index (κ1) is 10.8. The Morgan fingerprint density at radius 3 is 2.65 bits per heavy atom. The molecule has 0 aliphatic heterocycles. The lowest BCUT2D eigenvalue weighted by Gasteiger charge is -1.99. The van der Waals surface area contributed by atoms with E-state index in [1.807, 2.05) is 5.38 Å². The van der Waals surface area contributed by atoms with Gasteiger partial charge in [0.1, 0.15) is 0 Å². The van der Waals surface area contributed by atoms with Gasteiger partial charge in [-0.2, -0.15) is 13.2 Å². The molecule has 0 bridgehead atoms. The van der Waals surface area contributed by atoms with E-state index in [1.54, 1.807) is 0 Å². The summed E-state index contributed by atoms with van der Waals surface area (Å²) in [6.45, 7) is 0. The Kier molecular flexibility index (Phi) is 2.29. The lowest BCUT2D eigenvalue weighted by molar-refractivity contribution is -0.152. The topological polar surface area (TPSA) is 26.0 Å². The van der Waals surface area contributed by atoms with Gasteiger partial charge < -0.3 is 4.42 Å². The Morgan fingerprint density at radius 1 is 1.29 bits per heavy atom. The van der Waals surface area contributed by atoms with Gasteiger partial charge in [0.15, 0.2) is 10.8 Å². The van der Waals surface area contributed by atoms with Gasteiger partial charge in [-0.05, 0) is 25.0 Å². The molecule has 6 heteroatoms. The predicted molar refractivity (Wildman–Crippen MR) is 56.8 cm³/mol. The van der Waals surface area contributed by atoms with Gasteiger partial charge in [0, 0.05) is 11.3 Å². The summed E-state index contributed by atoms with van der Waals surface area (Å²) in [5.41, 5.74) is 0.968. The van der Waals surface area contributed by atoms with Crippen LogP contribution in [0.1, 0.15) is 30.2 Å². The zero-order chi connectivity index (χ0) is 12.0. The zero-order valence-electron chi connectivity index (χ0n) is 8.62. The second-order valence-electron chi connectivity index (χ2n) is 4.01. The normalized spacial score (nSPS) is 16.4. The highest BCUT2D eigenvalue weighted by Gasteiger charge is 2.35. The molecule has 17 heavy (non-hydrogen) atoms. The van der Waals surface area contributed by atoms with Gasteiger partial charge in [0.2, 0.25) is 5.76 Å². The summed E-state index contributed by atoms with van der Waals surface area (Å²) in [5, 5.41) is 2.41. The molecule has 1 aliphatic rings. The van der Waals surface area contributed by atoms with E-state index >= 15 is 0 Å². The molecule has 0 atom stereocenters. The standard InChI is InChI=1S/C11H8F3NOS/c12-11(13,14)9-4-3-8(16-9)10-15-7(5-17-10)6-1-2-6/h3-6H,1-2H2. The predicted octanol–water partition coefficient (Wildman–Crippen LogP) is 4.30. The van der Waals surface area contributed by atoms with E-state index < -0.39 is 11.9 Å². The van der Waals surface area contributed by atoms with Crippen LogP contribution in [0.3, 0.4) is 0 Å². The Balaban J connectivity index is 1.89. The molecule has 1 aliphatic carbocycles. The highest BCUT2D eigenvalue weighted by molar-refractivity contribution is 7.13. The van der Waals surface area contributed by atoms with Crippen LogP contribution in [-0.4, -0.2) is 4.98 Å². The van der Waals surface area contributed by atoms with Crippen molar-refractivity contribution in [2.24, 2.45) is 0 Å². The summed E-state index contributed by atoms with van der Waals surface area (Å²) >= 11 is 1.32. The Labute approximate surface area is 99.1 Å². The van der Waals surface area contributed by atoms with Crippen LogP contribution < -0.4 is 0 Å². The molecule has 2 nitrogen and oxygen atoms in total. The van der Waals surface area contributed by atoms with E-state index in [0.717, 1.165) is 24.6 Å². The number of furan rings is 1. The third-order valence-electron chi connectivity index (χ3n) is 2.61. The maximum atomic E-state index is 12.3. The van der Waals surface area contributed by atoms with Gasteiger partial charge in [0.05, 0.1) is 5.69 Å². The third-order valence-corrected chi connectivity index (χ3v) is 3.49. The molecule has 2 aromatic rings. The molecule has 0 aromatic carbocycles. The van der Waals surface area contributed by atoms with Crippen molar-refractivity contribution in [2.75, 3.05) is 0 Å². The number of thiazole rings is 1. The summed E-state index contributed by atoms with van der Waals surface area (Å²) in [4.78, 5) is 4.30. The van der Waals surface area contributed by atoms with Crippen LogP contribution in [0.5, 0.6) is 0 Å². The van der Waals surface area contributed by atoms with Crippen molar-refractivity contribution in [3.63, 3.8) is 0 Å². The van der Waals surface area contributed by atoms with Gasteiger partial charge in [0.25, 0.3) is 0 Å². The zero-order valence-corrected chi connectivity index (χ0v) is 9.44. The van der Waals surface area contributed by atoms with E-state index in [9.17, 15) is 13.2 Å². The summed E-state index contributed by atoms with van der Waals surface area (Å²) in [6, 6.07) is 2.26. The van der Waals surface area contributed by atoms with Crippen molar-refractivity contribution in [3.05, 3.63) is 29.0 Å². The molecule has 1 fully saturated rings. The van der Waals surface area contributed by atoms with E-state index in [4.69, 9.17) is 4.42 Å². The first-order valence-corrected chi connectivity index (χ1v) is 6.05. The summed E-state index contributed by atoms with van der Waals surface area (Å²) in [7, 11) is 0. The molecule has 1 saturated carbocycles. The molecular weight excluding hydrogens is 251 g/mol. The number of aromatic nitrogens is 1. The minimum atomic E-state index is -4.44. The molecule has 0 spiro atoms. The first-order valence-electron chi connectivity index (χ1n) is 5.17. The van der Waals surface area contributed by atoms with Crippen LogP contribution in [0.4, 0.5) is 13.2 Å². The highest BCUT2D eigenvalue weighted by Crippen LogP contribution is 2.42. The molecule has 0 saturated heterocycles. The second kappa shape index (κ2) is 3.60. The molecule has 3 rings (SSSR count). The number of halogens is 3. The first-order chi connectivity index (χ1) is 8.04. The monoisotopic (exact) mass is 259 g/mol. The van der Waals surface area contributed by atoms with Gasteiger partial charge in [-0.1, -0.05) is 0 Å². The van der Waals surface area contributed by atoms with Crippen molar-refractivity contribution in [1.29, 1.82) is 0 Å². The van der Waals surface area contributed by atoms with Crippen LogP contribution in [-0.2, 0) is 6.18 Å². The molecule has 0 amide bonds. The van der Waals surface area contributed by atoms with Crippen molar-refractivity contribution in [2.45, 2.75) is 24.9 Å². The fourth-order valence-corrected chi connectivity index (χ4v) is 2.43. The molecule has 2 heterocycles. The van der Waals surface area contributed by atoms with Crippen LogP contribution >= 0.6 is 11.3 Å². The third kappa shape index (κ3) is 2.09. The van der Waals surface area contributed by atoms with Crippen molar-refractivity contribution in [1.82, 2.24) is 4.98 Å². The van der Waals surface area contributed by atoms with Crippen LogP contribution in [0.25, 0.3) is 10.8 Å². The smallest absolute Gasteiger partial charge is 0.449 e. The number of hydrogen-bond donors (Lipinski definition) is 0. The van der Waals surface area contributed by atoms with Gasteiger partial charge in [-0.25, -0.2) is 4.98 Å². The summed E-state index contributed by atoms with van der Waals surface area (Å²) < 4.78 is 41.8. The van der Waals surface area contributed by atoms with E-state index in [1.165, 1.54) is 17.4 Å². The van der Waals surface area contributed by atoms with Gasteiger partial charge in [-0.15, -0.1) is 11.3 Å². The Bertz CT molecular complexity index is 539. The van der Waals surface area contributed by atoms with Gasteiger partial charge in [-0.3, -0.25) is 0 Å². The molecule has 90 valence electrons. The Morgan fingerprint density at radius 2 is 2.06 bits per heavy atom. The molecular formula is C11H8F3NOS. The van der Waals surface area contributed by atoms with Crippen LogP contribution in [0, 0.1) is 0 Å². The lowest BCUT2D eigenvalue weighted by atomic mass is 10.3. The molecule has 2 aromatic heterocycles. The maximum Gasteiger partial charge on any atom is 0.449 e. The maximum absolute atomic E-state index is 12.3. The van der Waals surface area contributed by atoms with E-state index in [2.05, 4.69) is 4.98 Å². The number of hydrogen-bond acceptors (Lipinski definition) is 3. The second-order valence-corrected chi connectivity index (χ2v) is 4.87. The fourth-order valence-electron chi connectivity index (χ4n) is 1.57.